The topological polar surface area (TPSA) is 27.1 Å². The van der Waals surface area contributed by atoms with Crippen LogP contribution in [0.2, 0.25) is 15.1 Å². The van der Waals surface area contributed by atoms with Crippen molar-refractivity contribution in [2.24, 2.45) is 0 Å². The van der Waals surface area contributed by atoms with Crippen molar-refractivity contribution < 1.29 is 4.74 Å². The van der Waals surface area contributed by atoms with Crippen LogP contribution in [0.1, 0.15) is 30.9 Å². The van der Waals surface area contributed by atoms with Gasteiger partial charge in [-0.1, -0.05) is 53.0 Å². The molecule has 3 nitrogen and oxygen atoms in total. The first kappa shape index (κ1) is 21.2. The van der Waals surface area contributed by atoms with Crippen LogP contribution in [-0.4, -0.2) is 15.2 Å². The van der Waals surface area contributed by atoms with E-state index in [1.807, 2.05) is 36.8 Å². The van der Waals surface area contributed by atoms with Crippen molar-refractivity contribution in [1.82, 2.24) is 9.55 Å². The van der Waals surface area contributed by atoms with Gasteiger partial charge in [-0.2, -0.15) is 0 Å². The Balaban J connectivity index is 1.67. The van der Waals surface area contributed by atoms with Crippen LogP contribution in [0.25, 0.3) is 0 Å². The molecule has 1 unspecified atom stereocenters. The lowest BCUT2D eigenvalue weighted by atomic mass is 9.93. The Hall–Kier alpha value is -1.52. The molecule has 0 bridgehead atoms. The average Bonchev–Trinajstić information content (AvgIpc) is 3.19. The number of halogens is 3. The molecule has 0 radical (unpaired) electrons. The van der Waals surface area contributed by atoms with Crippen molar-refractivity contribution in [3.8, 4) is 0 Å². The molecule has 1 heterocycles. The van der Waals surface area contributed by atoms with E-state index in [4.69, 9.17) is 39.5 Å². The highest BCUT2D eigenvalue weighted by molar-refractivity contribution is 6.35. The van der Waals surface area contributed by atoms with Crippen LogP contribution in [0, 0.1) is 0 Å². The Morgan fingerprint density at radius 2 is 1.75 bits per heavy atom. The fourth-order valence-electron chi connectivity index (χ4n) is 3.00. The molecule has 2 aromatic carbocycles. The zero-order valence-corrected chi connectivity index (χ0v) is 18.0. The van der Waals surface area contributed by atoms with E-state index in [1.165, 1.54) is 5.56 Å². The molecule has 3 aromatic rings. The van der Waals surface area contributed by atoms with E-state index >= 15 is 0 Å². The lowest BCUT2D eigenvalue weighted by Gasteiger charge is -2.31. The molecule has 28 heavy (non-hydrogen) atoms. The second kappa shape index (κ2) is 9.80. The number of hydrogen-bond donors (Lipinski definition) is 0. The lowest BCUT2D eigenvalue weighted by Crippen LogP contribution is -2.31. The number of imidazole rings is 1. The zero-order chi connectivity index (χ0) is 20.0. The summed E-state index contributed by atoms with van der Waals surface area (Å²) in [6.45, 7) is 3.44. The van der Waals surface area contributed by atoms with Crippen LogP contribution in [0.15, 0.2) is 61.2 Å². The highest BCUT2D eigenvalue weighted by Gasteiger charge is 2.25. The maximum Gasteiger partial charge on any atom is 0.0945 e. The molecular formula is C22H23Cl3N2O. The number of nitrogens with zero attached hydrogens (tertiary/aromatic N) is 2. The highest BCUT2D eigenvalue weighted by Crippen LogP contribution is 2.28. The van der Waals surface area contributed by atoms with Crippen molar-refractivity contribution >= 4 is 34.8 Å². The quantitative estimate of drug-likeness (QED) is 0.366. The number of aromatic nitrogens is 2. The second-order valence-corrected chi connectivity index (χ2v) is 8.43. The molecule has 1 aromatic heterocycles. The average molecular weight is 438 g/mol. The van der Waals surface area contributed by atoms with Crippen molar-refractivity contribution in [2.75, 3.05) is 0 Å². The maximum atomic E-state index is 6.39. The summed E-state index contributed by atoms with van der Waals surface area (Å²) in [5.74, 6) is 0. The number of ether oxygens (including phenoxy) is 1. The molecular weight excluding hydrogens is 415 g/mol. The molecule has 0 aliphatic rings. The predicted molar refractivity (Wildman–Crippen MR) is 116 cm³/mol. The molecule has 0 saturated heterocycles. The molecule has 6 heteroatoms. The van der Waals surface area contributed by atoms with Gasteiger partial charge in [-0.05, 0) is 61.6 Å². The molecule has 0 aliphatic heterocycles. The first-order valence-electron chi connectivity index (χ1n) is 9.22. The van der Waals surface area contributed by atoms with E-state index in [9.17, 15) is 0 Å². The van der Waals surface area contributed by atoms with Gasteiger partial charge in [0.1, 0.15) is 0 Å². The summed E-state index contributed by atoms with van der Waals surface area (Å²) >= 11 is 18.3. The summed E-state index contributed by atoms with van der Waals surface area (Å²) in [7, 11) is 0. The van der Waals surface area contributed by atoms with Crippen LogP contribution in [-0.2, 0) is 24.3 Å². The molecule has 0 amide bonds. The Labute approximate surface area is 181 Å². The number of rotatable bonds is 9. The summed E-state index contributed by atoms with van der Waals surface area (Å²) < 4.78 is 8.46. The van der Waals surface area contributed by atoms with E-state index in [-0.39, 0.29) is 5.60 Å². The fourth-order valence-corrected chi connectivity index (χ4v) is 3.59. The highest BCUT2D eigenvalue weighted by atomic mass is 35.5. The maximum absolute atomic E-state index is 6.39. The molecule has 0 fully saturated rings. The first-order chi connectivity index (χ1) is 13.4. The predicted octanol–water partition coefficient (Wildman–Crippen LogP) is 6.84. The third kappa shape index (κ3) is 6.25. The standard InChI is InChI=1S/C22H23Cl3N2O/c1-22(10-12-27-13-11-26-16-27,9-8-17-2-5-19(23)6-3-17)28-15-18-4-7-20(24)14-21(18)25/h2-7,11,13-14,16H,8-10,12,15H2,1H3. The minimum atomic E-state index is -0.313. The summed E-state index contributed by atoms with van der Waals surface area (Å²) in [5.41, 5.74) is 1.87. The van der Waals surface area contributed by atoms with Gasteiger partial charge in [0.25, 0.3) is 0 Å². The molecule has 0 N–H and O–H groups in total. The molecule has 0 aliphatic carbocycles. The summed E-state index contributed by atoms with van der Waals surface area (Å²) in [6.07, 6.45) is 8.24. The Bertz CT molecular complexity index is 881. The number of benzene rings is 2. The van der Waals surface area contributed by atoms with Crippen LogP contribution >= 0.6 is 34.8 Å². The number of aryl methyl sites for hydroxylation is 2. The van der Waals surface area contributed by atoms with Gasteiger partial charge in [0.2, 0.25) is 0 Å². The molecule has 148 valence electrons. The van der Waals surface area contributed by atoms with Gasteiger partial charge < -0.3 is 9.30 Å². The van der Waals surface area contributed by atoms with E-state index in [0.29, 0.717) is 16.7 Å². The lowest BCUT2D eigenvalue weighted by molar-refractivity contribution is -0.0569. The Morgan fingerprint density at radius 3 is 2.43 bits per heavy atom. The van der Waals surface area contributed by atoms with Gasteiger partial charge >= 0.3 is 0 Å². The Kier molecular flexibility index (Phi) is 7.42. The van der Waals surface area contributed by atoms with Crippen molar-refractivity contribution in [3.63, 3.8) is 0 Å². The summed E-state index contributed by atoms with van der Waals surface area (Å²) in [6, 6.07) is 13.5. The largest absolute Gasteiger partial charge is 0.370 e. The summed E-state index contributed by atoms with van der Waals surface area (Å²) in [4.78, 5) is 4.12. The monoisotopic (exact) mass is 436 g/mol. The molecule has 3 rings (SSSR count). The van der Waals surface area contributed by atoms with Crippen LogP contribution in [0.5, 0.6) is 0 Å². The molecule has 0 spiro atoms. The zero-order valence-electron chi connectivity index (χ0n) is 15.7. The third-order valence-corrected chi connectivity index (χ3v) is 5.74. The minimum Gasteiger partial charge on any atom is -0.370 e. The van der Waals surface area contributed by atoms with Gasteiger partial charge in [-0.15, -0.1) is 0 Å². The second-order valence-electron chi connectivity index (χ2n) is 7.15. The SMILES string of the molecule is CC(CCc1ccc(Cl)cc1)(CCn1ccnc1)OCc1ccc(Cl)cc1Cl. The Morgan fingerprint density at radius 1 is 1.00 bits per heavy atom. The van der Waals surface area contributed by atoms with Crippen molar-refractivity contribution in [1.29, 1.82) is 0 Å². The van der Waals surface area contributed by atoms with Crippen LogP contribution < -0.4 is 0 Å². The van der Waals surface area contributed by atoms with E-state index < -0.39 is 0 Å². The normalized spacial score (nSPS) is 13.4. The van der Waals surface area contributed by atoms with Gasteiger partial charge in [-0.3, -0.25) is 0 Å². The molecule has 1 atom stereocenters. The molecule has 0 saturated carbocycles. The smallest absolute Gasteiger partial charge is 0.0945 e. The minimum absolute atomic E-state index is 0.313. The van der Waals surface area contributed by atoms with Gasteiger partial charge in [-0.25, -0.2) is 4.98 Å². The number of hydrogen-bond acceptors (Lipinski definition) is 2. The van der Waals surface area contributed by atoms with Crippen LogP contribution in [0.3, 0.4) is 0 Å². The van der Waals surface area contributed by atoms with E-state index in [2.05, 4.69) is 28.6 Å². The fraction of sp³-hybridized carbons (Fsp3) is 0.318. The van der Waals surface area contributed by atoms with E-state index in [0.717, 1.165) is 36.4 Å². The third-order valence-electron chi connectivity index (χ3n) is 4.91. The van der Waals surface area contributed by atoms with Crippen LogP contribution in [0.4, 0.5) is 0 Å². The van der Waals surface area contributed by atoms with Crippen molar-refractivity contribution in [2.45, 2.75) is 44.9 Å². The van der Waals surface area contributed by atoms with Gasteiger partial charge in [0, 0.05) is 34.0 Å². The first-order valence-corrected chi connectivity index (χ1v) is 10.3. The van der Waals surface area contributed by atoms with Gasteiger partial charge in [0.15, 0.2) is 0 Å². The van der Waals surface area contributed by atoms with Crippen molar-refractivity contribution in [3.05, 3.63) is 87.4 Å². The van der Waals surface area contributed by atoms with E-state index in [1.54, 1.807) is 12.3 Å². The van der Waals surface area contributed by atoms with Gasteiger partial charge in [0.05, 0.1) is 18.5 Å². The summed E-state index contributed by atoms with van der Waals surface area (Å²) in [5, 5.41) is 2.00.